The number of fused-ring (bicyclic) bond motifs is 1. The summed E-state index contributed by atoms with van der Waals surface area (Å²) in [5, 5.41) is 0.129. The molecule has 0 amide bonds. The van der Waals surface area contributed by atoms with Crippen LogP contribution < -0.4 is 9.47 Å². The molecule has 4 nitrogen and oxygen atoms in total. The van der Waals surface area contributed by atoms with Gasteiger partial charge in [-0.2, -0.15) is 0 Å². The van der Waals surface area contributed by atoms with E-state index in [4.69, 9.17) is 21.1 Å². The summed E-state index contributed by atoms with van der Waals surface area (Å²) in [6.45, 7) is 0. The molecular formula is C22H11ClF2O4. The van der Waals surface area contributed by atoms with Crippen LogP contribution in [0.25, 0.3) is 6.08 Å². The van der Waals surface area contributed by atoms with Crippen LogP contribution in [0.2, 0.25) is 5.02 Å². The number of hydrogen-bond acceptors (Lipinski definition) is 4. The molecule has 4 rings (SSSR count). The molecule has 0 N–H and O–H groups in total. The first-order valence-electron chi connectivity index (χ1n) is 8.43. The molecule has 0 radical (unpaired) electrons. The predicted octanol–water partition coefficient (Wildman–Crippen LogP) is 5.45. The standard InChI is InChI=1S/C22H11ClF2O4/c23-16-5-3-7-18(25)15(16)11-20-21(26)14-9-8-12(10-19(14)29-20)28-22(27)13-4-1-2-6-17(13)24/h1-11H. The number of halogens is 3. The quantitative estimate of drug-likeness (QED) is 0.326. The lowest BCUT2D eigenvalue weighted by atomic mass is 10.1. The van der Waals surface area contributed by atoms with Crippen molar-refractivity contribution in [3.05, 3.63) is 99.8 Å². The Morgan fingerprint density at radius 2 is 1.76 bits per heavy atom. The zero-order chi connectivity index (χ0) is 20.5. The second-order valence-corrected chi connectivity index (χ2v) is 6.51. The average molecular weight is 413 g/mol. The fourth-order valence-corrected chi connectivity index (χ4v) is 3.02. The lowest BCUT2D eigenvalue weighted by Crippen LogP contribution is -2.10. The van der Waals surface area contributed by atoms with E-state index in [0.29, 0.717) is 0 Å². The Labute approximate surface area is 168 Å². The van der Waals surface area contributed by atoms with Gasteiger partial charge in [-0.3, -0.25) is 4.79 Å². The van der Waals surface area contributed by atoms with Crippen LogP contribution in [-0.2, 0) is 0 Å². The van der Waals surface area contributed by atoms with Crippen molar-refractivity contribution in [3.63, 3.8) is 0 Å². The summed E-state index contributed by atoms with van der Waals surface area (Å²) in [7, 11) is 0. The van der Waals surface area contributed by atoms with E-state index in [0.717, 1.165) is 6.07 Å². The first-order chi connectivity index (χ1) is 13.9. The van der Waals surface area contributed by atoms with Crippen LogP contribution in [0.5, 0.6) is 11.5 Å². The van der Waals surface area contributed by atoms with Crippen LogP contribution in [0.1, 0.15) is 26.3 Å². The van der Waals surface area contributed by atoms with Crippen molar-refractivity contribution in [3.8, 4) is 11.5 Å². The van der Waals surface area contributed by atoms with Crippen molar-refractivity contribution in [2.24, 2.45) is 0 Å². The number of allylic oxidation sites excluding steroid dienone is 1. The first kappa shape index (κ1) is 18.8. The number of esters is 1. The van der Waals surface area contributed by atoms with Crippen molar-refractivity contribution in [1.29, 1.82) is 0 Å². The largest absolute Gasteiger partial charge is 0.452 e. The van der Waals surface area contributed by atoms with Gasteiger partial charge in [0.15, 0.2) is 5.76 Å². The molecular weight excluding hydrogens is 402 g/mol. The van der Waals surface area contributed by atoms with E-state index in [-0.39, 0.29) is 39.0 Å². The minimum Gasteiger partial charge on any atom is -0.452 e. The summed E-state index contributed by atoms with van der Waals surface area (Å²) >= 11 is 5.98. The van der Waals surface area contributed by atoms with Crippen LogP contribution in [-0.4, -0.2) is 11.8 Å². The van der Waals surface area contributed by atoms with Gasteiger partial charge in [0.25, 0.3) is 0 Å². The van der Waals surface area contributed by atoms with Crippen molar-refractivity contribution < 1.29 is 27.8 Å². The molecule has 0 atom stereocenters. The molecule has 1 aliphatic heterocycles. The van der Waals surface area contributed by atoms with Gasteiger partial charge in [-0.1, -0.05) is 29.8 Å². The van der Waals surface area contributed by atoms with E-state index in [1.165, 1.54) is 60.7 Å². The van der Waals surface area contributed by atoms with Gasteiger partial charge in [0, 0.05) is 11.6 Å². The highest BCUT2D eigenvalue weighted by molar-refractivity contribution is 6.32. The third-order valence-electron chi connectivity index (χ3n) is 4.22. The Bertz CT molecular complexity index is 1170. The fourth-order valence-electron chi connectivity index (χ4n) is 2.80. The van der Waals surface area contributed by atoms with Crippen LogP contribution in [0.4, 0.5) is 8.78 Å². The Balaban J connectivity index is 1.60. The number of benzene rings is 3. The van der Waals surface area contributed by atoms with Crippen molar-refractivity contribution >= 4 is 29.4 Å². The Kier molecular flexibility index (Phi) is 4.86. The SMILES string of the molecule is O=C(Oc1ccc2c(c1)OC(=Cc1c(F)cccc1Cl)C2=O)c1ccccc1F. The Hall–Kier alpha value is -3.51. The zero-order valence-electron chi connectivity index (χ0n) is 14.6. The zero-order valence-corrected chi connectivity index (χ0v) is 15.4. The minimum absolute atomic E-state index is 0.0246. The first-order valence-corrected chi connectivity index (χ1v) is 8.81. The molecule has 29 heavy (non-hydrogen) atoms. The normalized spacial score (nSPS) is 13.9. The molecule has 3 aromatic rings. The topological polar surface area (TPSA) is 52.6 Å². The maximum Gasteiger partial charge on any atom is 0.346 e. The third-order valence-corrected chi connectivity index (χ3v) is 4.55. The highest BCUT2D eigenvalue weighted by atomic mass is 35.5. The summed E-state index contributed by atoms with van der Waals surface area (Å²) in [4.78, 5) is 24.6. The smallest absolute Gasteiger partial charge is 0.346 e. The lowest BCUT2D eigenvalue weighted by molar-refractivity contribution is 0.0729. The van der Waals surface area contributed by atoms with Gasteiger partial charge >= 0.3 is 5.97 Å². The molecule has 1 aliphatic rings. The third kappa shape index (κ3) is 3.62. The highest BCUT2D eigenvalue weighted by Gasteiger charge is 2.29. The summed E-state index contributed by atoms with van der Waals surface area (Å²) in [5.41, 5.74) is 0.0192. The molecule has 0 bridgehead atoms. The molecule has 0 spiro atoms. The van der Waals surface area contributed by atoms with Crippen LogP contribution in [0.3, 0.4) is 0 Å². The predicted molar refractivity (Wildman–Crippen MR) is 102 cm³/mol. The van der Waals surface area contributed by atoms with E-state index in [9.17, 15) is 18.4 Å². The van der Waals surface area contributed by atoms with Gasteiger partial charge in [0.2, 0.25) is 5.78 Å². The minimum atomic E-state index is -0.888. The second kappa shape index (κ2) is 7.48. The molecule has 1 heterocycles. The average Bonchev–Trinajstić information content (AvgIpc) is 3.00. The van der Waals surface area contributed by atoms with Gasteiger partial charge < -0.3 is 9.47 Å². The van der Waals surface area contributed by atoms with E-state index >= 15 is 0 Å². The van der Waals surface area contributed by atoms with Gasteiger partial charge in [-0.05, 0) is 42.5 Å². The summed E-state index contributed by atoms with van der Waals surface area (Å²) in [6.07, 6.45) is 1.21. The molecule has 0 saturated heterocycles. The molecule has 0 saturated carbocycles. The second-order valence-electron chi connectivity index (χ2n) is 6.10. The highest BCUT2D eigenvalue weighted by Crippen LogP contribution is 2.36. The van der Waals surface area contributed by atoms with E-state index in [2.05, 4.69) is 0 Å². The van der Waals surface area contributed by atoms with Gasteiger partial charge in [-0.25, -0.2) is 13.6 Å². The van der Waals surface area contributed by atoms with Gasteiger partial charge in [0.1, 0.15) is 23.1 Å². The Morgan fingerprint density at radius 1 is 1.00 bits per heavy atom. The van der Waals surface area contributed by atoms with Crippen molar-refractivity contribution in [2.45, 2.75) is 0 Å². The van der Waals surface area contributed by atoms with E-state index < -0.39 is 23.4 Å². The maximum atomic E-state index is 14.0. The molecule has 7 heteroatoms. The monoisotopic (exact) mass is 412 g/mol. The molecule has 0 aliphatic carbocycles. The molecule has 3 aromatic carbocycles. The number of carbonyl (C=O) groups is 2. The number of rotatable bonds is 3. The maximum absolute atomic E-state index is 14.0. The van der Waals surface area contributed by atoms with Gasteiger partial charge in [-0.15, -0.1) is 0 Å². The number of ketones is 1. The van der Waals surface area contributed by atoms with E-state index in [1.807, 2.05) is 0 Å². The number of ether oxygens (including phenoxy) is 2. The molecule has 144 valence electrons. The van der Waals surface area contributed by atoms with Gasteiger partial charge in [0.05, 0.1) is 16.1 Å². The summed E-state index contributed by atoms with van der Waals surface area (Å²) in [5.74, 6) is -2.59. The fraction of sp³-hybridized carbons (Fsp3) is 0. The molecule has 0 unspecified atom stereocenters. The molecule has 0 aromatic heterocycles. The van der Waals surface area contributed by atoms with Crippen LogP contribution in [0, 0.1) is 11.6 Å². The number of hydrogen-bond donors (Lipinski definition) is 0. The number of Topliss-reactive ketones (excluding diaryl/α,β-unsaturated/α-hetero) is 1. The van der Waals surface area contributed by atoms with E-state index in [1.54, 1.807) is 0 Å². The van der Waals surface area contributed by atoms with Crippen LogP contribution in [0.15, 0.2) is 66.4 Å². The Morgan fingerprint density at radius 3 is 2.52 bits per heavy atom. The van der Waals surface area contributed by atoms with Crippen molar-refractivity contribution in [2.75, 3.05) is 0 Å². The summed E-state index contributed by atoms with van der Waals surface area (Å²) in [6, 6.07) is 13.7. The van der Waals surface area contributed by atoms with Crippen LogP contribution >= 0.6 is 11.6 Å². The summed E-state index contributed by atoms with van der Waals surface area (Å²) < 4.78 is 38.4. The van der Waals surface area contributed by atoms with Crippen molar-refractivity contribution in [1.82, 2.24) is 0 Å². The molecule has 0 fully saturated rings. The lowest BCUT2D eigenvalue weighted by Gasteiger charge is -2.06. The number of carbonyl (C=O) groups excluding carboxylic acids is 2.